The van der Waals surface area contributed by atoms with E-state index in [4.69, 9.17) is 0 Å². The van der Waals surface area contributed by atoms with Gasteiger partial charge in [0.25, 0.3) is 0 Å². The average Bonchev–Trinajstić information content (AvgIpc) is 2.57. The van der Waals surface area contributed by atoms with E-state index in [9.17, 15) is 4.79 Å². The molecular weight excluding hydrogens is 337 g/mol. The van der Waals surface area contributed by atoms with Crippen LogP contribution in [0.25, 0.3) is 0 Å². The summed E-state index contributed by atoms with van der Waals surface area (Å²) >= 11 is 0. The van der Waals surface area contributed by atoms with Crippen LogP contribution >= 0.6 is 24.8 Å². The Hall–Kier alpha value is -1.11. The first kappa shape index (κ1) is 19.9. The number of piperidine rings is 2. The van der Waals surface area contributed by atoms with E-state index in [-0.39, 0.29) is 42.7 Å². The molecule has 0 spiro atoms. The number of rotatable bonds is 3. The zero-order valence-corrected chi connectivity index (χ0v) is 14.7. The van der Waals surface area contributed by atoms with Crippen LogP contribution in [0.1, 0.15) is 25.7 Å². The van der Waals surface area contributed by atoms with Crippen molar-refractivity contribution in [3.8, 4) is 0 Å². The van der Waals surface area contributed by atoms with Gasteiger partial charge in [-0.05, 0) is 38.3 Å². The van der Waals surface area contributed by atoms with E-state index in [1.807, 2.05) is 6.07 Å². The minimum absolute atomic E-state index is 0. The van der Waals surface area contributed by atoms with Crippen LogP contribution in [0.4, 0.5) is 5.95 Å². The molecule has 2 aliphatic heterocycles. The smallest absolute Gasteiger partial charge is 0.225 e. The highest BCUT2D eigenvalue weighted by Crippen LogP contribution is 2.16. The second-order valence-electron chi connectivity index (χ2n) is 5.89. The van der Waals surface area contributed by atoms with Gasteiger partial charge in [-0.2, -0.15) is 0 Å². The van der Waals surface area contributed by atoms with Crippen LogP contribution in [0.3, 0.4) is 0 Å². The van der Waals surface area contributed by atoms with Gasteiger partial charge in [-0.25, -0.2) is 9.97 Å². The first-order valence-corrected chi connectivity index (χ1v) is 7.86. The maximum absolute atomic E-state index is 12.3. The topological polar surface area (TPSA) is 70.2 Å². The van der Waals surface area contributed by atoms with Crippen molar-refractivity contribution >= 4 is 36.7 Å². The van der Waals surface area contributed by atoms with Gasteiger partial charge in [0.05, 0.1) is 5.92 Å². The molecule has 6 nitrogen and oxygen atoms in total. The lowest BCUT2D eigenvalue weighted by Crippen LogP contribution is -2.51. The Balaban J connectivity index is 0.00000132. The van der Waals surface area contributed by atoms with E-state index in [1.54, 1.807) is 12.4 Å². The van der Waals surface area contributed by atoms with Gasteiger partial charge in [0.15, 0.2) is 0 Å². The summed E-state index contributed by atoms with van der Waals surface area (Å²) in [6, 6.07) is 2.03. The summed E-state index contributed by atoms with van der Waals surface area (Å²) in [4.78, 5) is 23.1. The molecule has 2 atom stereocenters. The summed E-state index contributed by atoms with van der Waals surface area (Å²) in [6.45, 7) is 3.60. The zero-order valence-electron chi connectivity index (χ0n) is 13.1. The van der Waals surface area contributed by atoms with Gasteiger partial charge < -0.3 is 15.5 Å². The van der Waals surface area contributed by atoms with Crippen molar-refractivity contribution in [2.45, 2.75) is 31.7 Å². The number of hydrogen-bond donors (Lipinski definition) is 2. The summed E-state index contributed by atoms with van der Waals surface area (Å²) in [5.74, 6) is 1.08. The molecule has 2 saturated heterocycles. The molecule has 0 bridgehead atoms. The molecule has 2 unspecified atom stereocenters. The molecule has 3 rings (SSSR count). The molecule has 1 aromatic rings. The van der Waals surface area contributed by atoms with Gasteiger partial charge in [-0.15, -0.1) is 24.8 Å². The number of nitrogens with zero attached hydrogens (tertiary/aromatic N) is 3. The van der Waals surface area contributed by atoms with Crippen LogP contribution in [0.5, 0.6) is 0 Å². The van der Waals surface area contributed by atoms with Gasteiger partial charge in [-0.3, -0.25) is 4.79 Å². The van der Waals surface area contributed by atoms with E-state index in [1.165, 1.54) is 0 Å². The Kier molecular flexibility index (Phi) is 8.58. The fourth-order valence-electron chi connectivity index (χ4n) is 3.13. The van der Waals surface area contributed by atoms with Crippen molar-refractivity contribution in [1.29, 1.82) is 0 Å². The van der Waals surface area contributed by atoms with E-state index in [0.717, 1.165) is 57.8 Å². The third kappa shape index (κ3) is 5.48. The highest BCUT2D eigenvalue weighted by Gasteiger charge is 2.26. The monoisotopic (exact) mass is 361 g/mol. The fraction of sp³-hybridized carbons (Fsp3) is 0.667. The molecular formula is C15H25Cl2N5O. The van der Waals surface area contributed by atoms with Gasteiger partial charge in [-0.1, -0.05) is 0 Å². The van der Waals surface area contributed by atoms with Crippen LogP contribution in [0, 0.1) is 5.92 Å². The quantitative estimate of drug-likeness (QED) is 0.851. The number of halogens is 2. The van der Waals surface area contributed by atoms with Crippen LogP contribution in [0.15, 0.2) is 18.5 Å². The molecule has 3 heterocycles. The Morgan fingerprint density at radius 3 is 2.70 bits per heavy atom. The van der Waals surface area contributed by atoms with E-state index in [2.05, 4.69) is 25.5 Å². The zero-order chi connectivity index (χ0) is 14.5. The third-order valence-electron chi connectivity index (χ3n) is 4.27. The minimum Gasteiger partial charge on any atom is -0.351 e. The lowest BCUT2D eigenvalue weighted by atomic mass is 9.97. The Labute approximate surface area is 149 Å². The van der Waals surface area contributed by atoms with E-state index in [0.29, 0.717) is 0 Å². The fourth-order valence-corrected chi connectivity index (χ4v) is 3.13. The number of hydrogen-bond acceptors (Lipinski definition) is 5. The van der Waals surface area contributed by atoms with Crippen LogP contribution in [-0.4, -0.2) is 48.1 Å². The molecule has 23 heavy (non-hydrogen) atoms. The summed E-state index contributed by atoms with van der Waals surface area (Å²) in [5, 5.41) is 6.51. The first-order chi connectivity index (χ1) is 10.3. The predicted octanol–water partition coefficient (Wildman–Crippen LogP) is 1.40. The molecule has 0 radical (unpaired) electrons. The normalized spacial score (nSPS) is 24.1. The number of aromatic nitrogens is 2. The van der Waals surface area contributed by atoms with Crippen LogP contribution in [-0.2, 0) is 4.79 Å². The molecule has 2 fully saturated rings. The van der Waals surface area contributed by atoms with Crippen LogP contribution in [0.2, 0.25) is 0 Å². The summed E-state index contributed by atoms with van der Waals surface area (Å²) in [6.07, 6.45) is 7.71. The molecule has 0 aliphatic carbocycles. The minimum atomic E-state index is 0. The van der Waals surface area contributed by atoms with E-state index < -0.39 is 0 Å². The van der Waals surface area contributed by atoms with Crippen molar-refractivity contribution in [2.24, 2.45) is 5.92 Å². The maximum Gasteiger partial charge on any atom is 0.225 e. The number of anilines is 1. The average molecular weight is 362 g/mol. The van der Waals surface area contributed by atoms with Crippen molar-refractivity contribution < 1.29 is 4.79 Å². The highest BCUT2D eigenvalue weighted by molar-refractivity contribution is 5.85. The van der Waals surface area contributed by atoms with Crippen molar-refractivity contribution in [3.05, 3.63) is 18.5 Å². The van der Waals surface area contributed by atoms with Gasteiger partial charge in [0.1, 0.15) is 0 Å². The lowest BCUT2D eigenvalue weighted by molar-refractivity contribution is -0.126. The summed E-state index contributed by atoms with van der Waals surface area (Å²) in [5.41, 5.74) is 0. The SMILES string of the molecule is Cl.Cl.O=C(NC1CCCN(c2ncccn2)C1)C1CCCNC1. The highest BCUT2D eigenvalue weighted by atomic mass is 35.5. The van der Waals surface area contributed by atoms with Gasteiger partial charge in [0.2, 0.25) is 11.9 Å². The summed E-state index contributed by atoms with van der Waals surface area (Å²) in [7, 11) is 0. The van der Waals surface area contributed by atoms with E-state index >= 15 is 0 Å². The molecule has 2 N–H and O–H groups in total. The largest absolute Gasteiger partial charge is 0.351 e. The maximum atomic E-state index is 12.3. The Bertz CT molecular complexity index is 470. The van der Waals surface area contributed by atoms with Gasteiger partial charge >= 0.3 is 0 Å². The summed E-state index contributed by atoms with van der Waals surface area (Å²) < 4.78 is 0. The molecule has 1 amide bonds. The molecule has 0 saturated carbocycles. The molecule has 0 aromatic carbocycles. The van der Waals surface area contributed by atoms with Gasteiger partial charge in [0, 0.05) is 38.1 Å². The molecule has 1 aromatic heterocycles. The molecule has 130 valence electrons. The van der Waals surface area contributed by atoms with Crippen molar-refractivity contribution in [2.75, 3.05) is 31.1 Å². The second kappa shape index (κ2) is 9.90. The lowest BCUT2D eigenvalue weighted by Gasteiger charge is -2.34. The molecule has 2 aliphatic rings. The number of carbonyl (C=O) groups is 1. The predicted molar refractivity (Wildman–Crippen MR) is 95.5 cm³/mol. The third-order valence-corrected chi connectivity index (χ3v) is 4.27. The number of nitrogens with one attached hydrogen (secondary N) is 2. The number of carbonyl (C=O) groups excluding carboxylic acids is 1. The number of amides is 1. The van der Waals surface area contributed by atoms with Crippen molar-refractivity contribution in [3.63, 3.8) is 0 Å². The Morgan fingerprint density at radius 2 is 2.00 bits per heavy atom. The second-order valence-corrected chi connectivity index (χ2v) is 5.89. The molecule has 8 heteroatoms. The standard InChI is InChI=1S/C15H23N5O.2ClH/c21-14(12-4-1-6-16-10-12)19-13-5-2-9-20(11-13)15-17-7-3-8-18-15;;/h3,7-8,12-13,16H,1-2,4-6,9-11H2,(H,19,21);2*1H. The Morgan fingerprint density at radius 1 is 1.22 bits per heavy atom. The van der Waals surface area contributed by atoms with Crippen molar-refractivity contribution in [1.82, 2.24) is 20.6 Å². The first-order valence-electron chi connectivity index (χ1n) is 7.86. The van der Waals surface area contributed by atoms with Crippen LogP contribution < -0.4 is 15.5 Å².